The number of esters is 1. The molecule has 4 atom stereocenters. The highest BCUT2D eigenvalue weighted by atomic mass is 32.2. The number of H-pyrrole nitrogens is 1. The summed E-state index contributed by atoms with van der Waals surface area (Å²) in [5, 5.41) is 0.442. The van der Waals surface area contributed by atoms with Crippen molar-refractivity contribution in [3.63, 3.8) is 0 Å². The number of nitrogens with two attached hydrogens (primary N) is 1. The van der Waals surface area contributed by atoms with E-state index in [4.69, 9.17) is 23.8 Å². The van der Waals surface area contributed by atoms with E-state index in [2.05, 4.69) is 4.98 Å². The zero-order valence-corrected chi connectivity index (χ0v) is 24.5. The zero-order valence-electron chi connectivity index (χ0n) is 22.7. The van der Waals surface area contributed by atoms with Crippen molar-refractivity contribution in [2.45, 2.75) is 90.6 Å². The van der Waals surface area contributed by atoms with Crippen LogP contribution in [0.4, 0.5) is 0 Å². The molecule has 1 aromatic heterocycles. The first-order valence-corrected chi connectivity index (χ1v) is 16.3. The van der Waals surface area contributed by atoms with Crippen molar-refractivity contribution in [1.82, 2.24) is 9.55 Å². The van der Waals surface area contributed by atoms with Crippen LogP contribution in [0.5, 0.6) is 0 Å². The Hall–Kier alpha value is -2.26. The third-order valence-electron chi connectivity index (χ3n) is 7.07. The molecule has 12 nitrogen and oxygen atoms in total. The number of aromatic amines is 1. The first-order chi connectivity index (χ1) is 16.6. The Kier molecular flexibility index (Phi) is 7.27. The fraction of sp³-hybridized carbons (Fsp3) is 0.696. The number of ether oxygens (including phenoxy) is 2. The van der Waals surface area contributed by atoms with Gasteiger partial charge in [0.15, 0.2) is 20.1 Å². The van der Waals surface area contributed by atoms with Gasteiger partial charge in [0.25, 0.3) is 15.7 Å². The molecule has 0 radical (unpaired) electrons. The number of aromatic nitrogens is 2. The van der Waals surface area contributed by atoms with E-state index >= 15 is 0 Å². The Morgan fingerprint density at radius 3 is 2.30 bits per heavy atom. The van der Waals surface area contributed by atoms with Crippen LogP contribution in [0.2, 0.25) is 18.1 Å². The van der Waals surface area contributed by atoms with Crippen molar-refractivity contribution in [1.29, 1.82) is 0 Å². The monoisotopic (exact) mass is 559 g/mol. The molecule has 1 fully saturated rings. The summed E-state index contributed by atoms with van der Waals surface area (Å²) in [6.07, 6.45) is -2.47. The third-order valence-corrected chi connectivity index (χ3v) is 12.6. The normalized spacial score (nSPS) is 27.9. The van der Waals surface area contributed by atoms with Gasteiger partial charge in [-0.15, -0.1) is 0 Å². The van der Waals surface area contributed by atoms with E-state index in [9.17, 15) is 22.8 Å². The van der Waals surface area contributed by atoms with Crippen LogP contribution in [0.3, 0.4) is 0 Å². The molecule has 2 aliphatic heterocycles. The highest BCUT2D eigenvalue weighted by Gasteiger charge is 2.67. The van der Waals surface area contributed by atoms with Crippen molar-refractivity contribution >= 4 is 24.4 Å². The summed E-state index contributed by atoms with van der Waals surface area (Å²) in [5.41, 5.74) is 2.17. The molecule has 0 aliphatic carbocycles. The van der Waals surface area contributed by atoms with Gasteiger partial charge in [-0.05, 0) is 45.8 Å². The summed E-state index contributed by atoms with van der Waals surface area (Å²) in [6, 6.07) is 0. The quantitative estimate of drug-likeness (QED) is 0.307. The lowest BCUT2D eigenvalue weighted by molar-refractivity contribution is -0.160. The van der Waals surface area contributed by atoms with Crippen molar-refractivity contribution < 1.29 is 31.3 Å². The molecule has 0 aromatic carbocycles. The van der Waals surface area contributed by atoms with Crippen LogP contribution in [0.1, 0.15) is 53.3 Å². The Balaban J connectivity index is 2.23. The van der Waals surface area contributed by atoms with Gasteiger partial charge in [0.05, 0.1) is 16.5 Å². The van der Waals surface area contributed by atoms with Crippen molar-refractivity contribution in [3.05, 3.63) is 43.7 Å². The standard InChI is InChI=1S/C23H37N3O9SSi/c1-13-10-26(20(29)25-17(13)27)18-16(34-37(8,9)22(5,6)7)23(14(24)12-36(30,31)35-23)15(33-18)11-32-19(28)21(2,3)4/h10,12,15-16,18H,11,24H2,1-9H3,(H,25,27,29)/t15-,16+,18-,23?/m1/s1. The molecule has 3 N–H and O–H groups in total. The van der Waals surface area contributed by atoms with Gasteiger partial charge in [-0.25, -0.2) is 8.98 Å². The number of aryl methyl sites for hydroxylation is 1. The van der Waals surface area contributed by atoms with Crippen LogP contribution >= 0.6 is 0 Å². The number of hydrogen-bond acceptors (Lipinski definition) is 10. The summed E-state index contributed by atoms with van der Waals surface area (Å²) in [5.74, 6) is -0.558. The Bertz CT molecular complexity index is 1330. The summed E-state index contributed by atoms with van der Waals surface area (Å²) in [4.78, 5) is 39.7. The van der Waals surface area contributed by atoms with E-state index < -0.39 is 71.7 Å². The molecule has 3 rings (SSSR count). The first kappa shape index (κ1) is 29.3. The smallest absolute Gasteiger partial charge is 0.330 e. The number of nitrogens with zero attached hydrogens (tertiary/aromatic N) is 1. The molecule has 37 heavy (non-hydrogen) atoms. The van der Waals surface area contributed by atoms with Crippen molar-refractivity contribution in [2.75, 3.05) is 6.61 Å². The highest BCUT2D eigenvalue weighted by molar-refractivity contribution is 7.90. The van der Waals surface area contributed by atoms with E-state index in [1.54, 1.807) is 20.8 Å². The lowest BCUT2D eigenvalue weighted by atomic mass is 9.89. The molecule has 0 amide bonds. The Labute approximate surface area is 217 Å². The van der Waals surface area contributed by atoms with E-state index in [1.807, 2.05) is 33.9 Å². The minimum Gasteiger partial charge on any atom is -0.462 e. The molecule has 14 heteroatoms. The Morgan fingerprint density at radius 2 is 1.81 bits per heavy atom. The fourth-order valence-corrected chi connectivity index (χ4v) is 6.36. The number of carbonyl (C=O) groups excluding carboxylic acids is 1. The van der Waals surface area contributed by atoms with Crippen LogP contribution in [-0.4, -0.2) is 56.7 Å². The van der Waals surface area contributed by atoms with E-state index in [0.29, 0.717) is 0 Å². The molecule has 2 aliphatic rings. The number of nitrogens with one attached hydrogen (secondary N) is 1. The van der Waals surface area contributed by atoms with Crippen LogP contribution < -0.4 is 17.0 Å². The fourth-order valence-electron chi connectivity index (χ4n) is 3.86. The minimum absolute atomic E-state index is 0.204. The second-order valence-electron chi connectivity index (χ2n) is 12.1. The predicted molar refractivity (Wildman–Crippen MR) is 137 cm³/mol. The summed E-state index contributed by atoms with van der Waals surface area (Å²) in [6.45, 7) is 15.9. The SMILES string of the molecule is Cc1cn([C@@H]2O[C@H](COC(=O)C(C)(C)C)C3(OS(=O)(=O)C=C3N)[C@H]2O[Si](C)(C)C(C)(C)C)c(=O)[nH]c1=O. The van der Waals surface area contributed by atoms with Crippen LogP contribution in [0, 0.1) is 12.3 Å². The van der Waals surface area contributed by atoms with Crippen molar-refractivity contribution in [2.24, 2.45) is 11.1 Å². The number of rotatable bonds is 5. The molecule has 0 saturated carbocycles. The molecular weight excluding hydrogens is 522 g/mol. The maximum Gasteiger partial charge on any atom is 0.330 e. The van der Waals surface area contributed by atoms with Gasteiger partial charge >= 0.3 is 11.7 Å². The van der Waals surface area contributed by atoms with Crippen molar-refractivity contribution in [3.8, 4) is 0 Å². The lowest BCUT2D eigenvalue weighted by Gasteiger charge is -2.43. The zero-order chi connectivity index (χ0) is 28.4. The van der Waals surface area contributed by atoms with Gasteiger partial charge in [-0.2, -0.15) is 8.42 Å². The van der Waals surface area contributed by atoms with E-state index in [-0.39, 0.29) is 16.3 Å². The summed E-state index contributed by atoms with van der Waals surface area (Å²) >= 11 is 0. The largest absolute Gasteiger partial charge is 0.462 e. The second-order valence-corrected chi connectivity index (χ2v) is 18.2. The topological polar surface area (TPSA) is 169 Å². The highest BCUT2D eigenvalue weighted by Crippen LogP contribution is 2.51. The maximum atomic E-state index is 12.9. The van der Waals surface area contributed by atoms with Gasteiger partial charge in [-0.1, -0.05) is 20.8 Å². The van der Waals surface area contributed by atoms with Crippen LogP contribution in [0.25, 0.3) is 0 Å². The Morgan fingerprint density at radius 1 is 1.22 bits per heavy atom. The van der Waals surface area contributed by atoms with Gasteiger partial charge < -0.3 is 19.6 Å². The van der Waals surface area contributed by atoms with Gasteiger partial charge in [0, 0.05) is 11.8 Å². The average Bonchev–Trinajstić information content (AvgIpc) is 3.13. The van der Waals surface area contributed by atoms with Gasteiger partial charge in [0.2, 0.25) is 0 Å². The number of hydrogen-bond donors (Lipinski definition) is 2. The second kappa shape index (κ2) is 9.19. The van der Waals surface area contributed by atoms with E-state index in [1.165, 1.54) is 13.1 Å². The molecular formula is C23H37N3O9SSi. The number of carbonyl (C=O) groups is 1. The van der Waals surface area contributed by atoms with Crippen LogP contribution in [0.15, 0.2) is 26.9 Å². The third kappa shape index (κ3) is 5.34. The molecule has 208 valence electrons. The maximum absolute atomic E-state index is 12.9. The molecule has 0 bridgehead atoms. The van der Waals surface area contributed by atoms with Gasteiger partial charge in [0.1, 0.15) is 18.8 Å². The predicted octanol–water partition coefficient (Wildman–Crippen LogP) is 1.62. The lowest BCUT2D eigenvalue weighted by Crippen LogP contribution is -2.58. The molecule has 1 unspecified atom stereocenters. The summed E-state index contributed by atoms with van der Waals surface area (Å²) < 4.78 is 50.4. The molecule has 3 heterocycles. The molecule has 1 aromatic rings. The van der Waals surface area contributed by atoms with E-state index in [0.717, 1.165) is 9.98 Å². The minimum atomic E-state index is -4.26. The molecule has 1 spiro atoms. The average molecular weight is 560 g/mol. The molecule has 1 saturated heterocycles. The van der Waals surface area contributed by atoms with Crippen LogP contribution in [-0.2, 0) is 33.0 Å². The first-order valence-electron chi connectivity index (χ1n) is 11.9. The summed E-state index contributed by atoms with van der Waals surface area (Å²) in [7, 11) is -6.95. The van der Waals surface area contributed by atoms with Gasteiger partial charge in [-0.3, -0.25) is 19.1 Å².